The van der Waals surface area contributed by atoms with E-state index in [-0.39, 0.29) is 5.84 Å². The number of nitrogens with one attached hydrogen (secondary N) is 1. The molecule has 1 aromatic rings. The number of hydrogen-bond acceptors (Lipinski definition) is 4. The quantitative estimate of drug-likeness (QED) is 0.217. The van der Waals surface area contributed by atoms with Crippen molar-refractivity contribution in [2.24, 2.45) is 10.9 Å². The summed E-state index contributed by atoms with van der Waals surface area (Å²) in [5, 5.41) is 15.2. The van der Waals surface area contributed by atoms with Gasteiger partial charge < -0.3 is 21.2 Å². The molecule has 4 N–H and O–H groups in total. The van der Waals surface area contributed by atoms with E-state index in [0.717, 1.165) is 37.3 Å². The maximum atomic E-state index is 8.76. The first kappa shape index (κ1) is 15.5. The molecule has 0 aromatic heterocycles. The minimum atomic E-state index is 0.154. The standard InChI is InChI=1S/C14H24N4O/c1-3-18(4-2)10-9-16-11-12-7-5-6-8-13(12)14(15)17-19/h5-8,16,19H,3-4,9-11H2,1-2H3,(H2,15,17). The van der Waals surface area contributed by atoms with Crippen molar-refractivity contribution in [1.82, 2.24) is 10.2 Å². The number of amidine groups is 1. The molecule has 0 saturated carbocycles. The summed E-state index contributed by atoms with van der Waals surface area (Å²) in [5.41, 5.74) is 7.47. The van der Waals surface area contributed by atoms with Crippen LogP contribution in [0.4, 0.5) is 0 Å². The fourth-order valence-electron chi connectivity index (χ4n) is 1.98. The lowest BCUT2D eigenvalue weighted by molar-refractivity contribution is 0.302. The molecular formula is C14H24N4O. The van der Waals surface area contributed by atoms with Crippen LogP contribution in [-0.2, 0) is 6.54 Å². The molecule has 0 amide bonds. The zero-order chi connectivity index (χ0) is 14.1. The first-order chi connectivity index (χ1) is 9.22. The summed E-state index contributed by atoms with van der Waals surface area (Å²) >= 11 is 0. The summed E-state index contributed by atoms with van der Waals surface area (Å²) in [6.07, 6.45) is 0. The molecule has 19 heavy (non-hydrogen) atoms. The Morgan fingerprint density at radius 2 is 2.00 bits per heavy atom. The second kappa shape index (κ2) is 8.50. The van der Waals surface area contributed by atoms with E-state index >= 15 is 0 Å². The molecule has 0 aliphatic carbocycles. The maximum absolute atomic E-state index is 8.76. The summed E-state index contributed by atoms with van der Waals surface area (Å²) < 4.78 is 0. The van der Waals surface area contributed by atoms with Gasteiger partial charge in [0.05, 0.1) is 0 Å². The van der Waals surface area contributed by atoms with Gasteiger partial charge in [-0.3, -0.25) is 0 Å². The van der Waals surface area contributed by atoms with Crippen LogP contribution >= 0.6 is 0 Å². The van der Waals surface area contributed by atoms with Crippen LogP contribution in [0, 0.1) is 0 Å². The van der Waals surface area contributed by atoms with Crippen molar-refractivity contribution in [2.75, 3.05) is 26.2 Å². The van der Waals surface area contributed by atoms with Crippen molar-refractivity contribution >= 4 is 5.84 Å². The van der Waals surface area contributed by atoms with E-state index in [1.54, 1.807) is 0 Å². The van der Waals surface area contributed by atoms with Crippen LogP contribution in [0.1, 0.15) is 25.0 Å². The topological polar surface area (TPSA) is 73.9 Å². The molecule has 0 bridgehead atoms. The molecule has 106 valence electrons. The van der Waals surface area contributed by atoms with Gasteiger partial charge in [-0.2, -0.15) is 0 Å². The maximum Gasteiger partial charge on any atom is 0.170 e. The molecule has 0 saturated heterocycles. The molecular weight excluding hydrogens is 240 g/mol. The lowest BCUT2D eigenvalue weighted by atomic mass is 10.1. The third kappa shape index (κ3) is 4.89. The number of nitrogens with two attached hydrogens (primary N) is 1. The van der Waals surface area contributed by atoms with Gasteiger partial charge in [0.15, 0.2) is 5.84 Å². The van der Waals surface area contributed by atoms with E-state index in [1.807, 2.05) is 24.3 Å². The fourth-order valence-corrected chi connectivity index (χ4v) is 1.98. The molecule has 5 nitrogen and oxygen atoms in total. The first-order valence-electron chi connectivity index (χ1n) is 6.71. The minimum absolute atomic E-state index is 0.154. The molecule has 0 unspecified atom stereocenters. The van der Waals surface area contributed by atoms with Gasteiger partial charge in [-0.05, 0) is 18.7 Å². The second-order valence-corrected chi connectivity index (χ2v) is 4.35. The Labute approximate surface area is 115 Å². The zero-order valence-electron chi connectivity index (χ0n) is 11.8. The van der Waals surface area contributed by atoms with Gasteiger partial charge >= 0.3 is 0 Å². The lowest BCUT2D eigenvalue weighted by Crippen LogP contribution is -2.32. The highest BCUT2D eigenvalue weighted by Crippen LogP contribution is 2.07. The van der Waals surface area contributed by atoms with Crippen LogP contribution in [-0.4, -0.2) is 42.1 Å². The molecule has 0 spiro atoms. The van der Waals surface area contributed by atoms with Crippen molar-refractivity contribution in [1.29, 1.82) is 0 Å². The van der Waals surface area contributed by atoms with E-state index in [1.165, 1.54) is 0 Å². The lowest BCUT2D eigenvalue weighted by Gasteiger charge is -2.18. The highest BCUT2D eigenvalue weighted by Gasteiger charge is 2.05. The smallest absolute Gasteiger partial charge is 0.170 e. The number of hydrogen-bond donors (Lipinski definition) is 3. The number of rotatable bonds is 8. The van der Waals surface area contributed by atoms with Crippen LogP contribution in [0.3, 0.4) is 0 Å². The Bertz CT molecular complexity index is 402. The number of oxime groups is 1. The SMILES string of the molecule is CCN(CC)CCNCc1ccccc1C(N)=NO. The van der Waals surface area contributed by atoms with Gasteiger partial charge in [0.2, 0.25) is 0 Å². The summed E-state index contributed by atoms with van der Waals surface area (Å²) in [5.74, 6) is 0.154. The fraction of sp³-hybridized carbons (Fsp3) is 0.500. The summed E-state index contributed by atoms with van der Waals surface area (Å²) in [7, 11) is 0. The Kier molecular flexibility index (Phi) is 6.92. The average Bonchev–Trinajstić information content (AvgIpc) is 2.47. The third-order valence-corrected chi connectivity index (χ3v) is 3.22. The minimum Gasteiger partial charge on any atom is -0.409 e. The van der Waals surface area contributed by atoms with Crippen LogP contribution in [0.25, 0.3) is 0 Å². The molecule has 0 fully saturated rings. The number of nitrogens with zero attached hydrogens (tertiary/aromatic N) is 2. The van der Waals surface area contributed by atoms with E-state index in [4.69, 9.17) is 10.9 Å². The van der Waals surface area contributed by atoms with Crippen molar-refractivity contribution in [3.8, 4) is 0 Å². The predicted molar refractivity (Wildman–Crippen MR) is 78.4 cm³/mol. The second-order valence-electron chi connectivity index (χ2n) is 4.35. The van der Waals surface area contributed by atoms with E-state index < -0.39 is 0 Å². The van der Waals surface area contributed by atoms with Crippen LogP contribution in [0.2, 0.25) is 0 Å². The van der Waals surface area contributed by atoms with Gasteiger partial charge in [0.25, 0.3) is 0 Å². The van der Waals surface area contributed by atoms with E-state index in [0.29, 0.717) is 6.54 Å². The zero-order valence-corrected chi connectivity index (χ0v) is 11.8. The molecule has 0 radical (unpaired) electrons. The normalized spacial score (nSPS) is 12.1. The van der Waals surface area contributed by atoms with Crippen LogP contribution < -0.4 is 11.1 Å². The highest BCUT2D eigenvalue weighted by atomic mass is 16.4. The molecule has 0 heterocycles. The van der Waals surface area contributed by atoms with Crippen LogP contribution in [0.5, 0.6) is 0 Å². The Balaban J connectivity index is 2.50. The monoisotopic (exact) mass is 264 g/mol. The van der Waals surface area contributed by atoms with Crippen molar-refractivity contribution in [3.63, 3.8) is 0 Å². The summed E-state index contributed by atoms with van der Waals surface area (Å²) in [6.45, 7) is 9.13. The number of benzene rings is 1. The largest absolute Gasteiger partial charge is 0.409 e. The Morgan fingerprint density at radius 3 is 2.63 bits per heavy atom. The van der Waals surface area contributed by atoms with Gasteiger partial charge in [-0.1, -0.05) is 43.3 Å². The highest BCUT2D eigenvalue weighted by molar-refractivity contribution is 5.98. The van der Waals surface area contributed by atoms with Crippen molar-refractivity contribution in [2.45, 2.75) is 20.4 Å². The van der Waals surface area contributed by atoms with E-state index in [2.05, 4.69) is 29.2 Å². The van der Waals surface area contributed by atoms with Gasteiger partial charge in [0, 0.05) is 25.2 Å². The third-order valence-electron chi connectivity index (χ3n) is 3.22. The first-order valence-corrected chi connectivity index (χ1v) is 6.71. The summed E-state index contributed by atoms with van der Waals surface area (Å²) in [6, 6.07) is 7.68. The van der Waals surface area contributed by atoms with Crippen LogP contribution in [0.15, 0.2) is 29.4 Å². The Morgan fingerprint density at radius 1 is 1.32 bits per heavy atom. The molecule has 0 aliphatic heterocycles. The van der Waals surface area contributed by atoms with Crippen molar-refractivity contribution < 1.29 is 5.21 Å². The number of likely N-dealkylation sites (N-methyl/N-ethyl adjacent to an activating group) is 1. The molecule has 5 heteroatoms. The van der Waals surface area contributed by atoms with Gasteiger partial charge in [-0.25, -0.2) is 0 Å². The predicted octanol–water partition coefficient (Wildman–Crippen LogP) is 1.21. The molecule has 0 atom stereocenters. The Hall–Kier alpha value is -1.59. The van der Waals surface area contributed by atoms with Gasteiger partial charge in [-0.15, -0.1) is 0 Å². The molecule has 1 aromatic carbocycles. The summed E-state index contributed by atoms with van der Waals surface area (Å²) in [4.78, 5) is 2.36. The van der Waals surface area contributed by atoms with Gasteiger partial charge in [0.1, 0.15) is 0 Å². The average molecular weight is 264 g/mol. The molecule has 1 rings (SSSR count). The molecule has 0 aliphatic rings. The van der Waals surface area contributed by atoms with Crippen molar-refractivity contribution in [3.05, 3.63) is 35.4 Å². The van der Waals surface area contributed by atoms with E-state index in [9.17, 15) is 0 Å².